The van der Waals surface area contributed by atoms with Gasteiger partial charge in [-0.25, -0.2) is 12.8 Å². The van der Waals surface area contributed by atoms with E-state index in [4.69, 9.17) is 0 Å². The highest BCUT2D eigenvalue weighted by molar-refractivity contribution is 7.89. The van der Waals surface area contributed by atoms with E-state index < -0.39 is 10.0 Å². The number of sulfonamides is 1. The Morgan fingerprint density at radius 1 is 1.18 bits per heavy atom. The molecule has 0 radical (unpaired) electrons. The Balaban J connectivity index is 1.60. The first-order valence-electron chi connectivity index (χ1n) is 8.76. The van der Waals surface area contributed by atoms with Gasteiger partial charge in [0.1, 0.15) is 5.82 Å². The minimum Gasteiger partial charge on any atom is -0.354 e. The third-order valence-electron chi connectivity index (χ3n) is 4.35. The first-order chi connectivity index (χ1) is 13.4. The lowest BCUT2D eigenvalue weighted by atomic mass is 10.1. The maximum Gasteiger partial charge on any atom is 0.251 e. The second kappa shape index (κ2) is 8.49. The zero-order valence-electron chi connectivity index (χ0n) is 15.0. The summed E-state index contributed by atoms with van der Waals surface area (Å²) in [6, 6.07) is 11.7. The average Bonchev–Trinajstić information content (AvgIpc) is 2.68. The SMILES string of the molecule is O=C1CN(S(=O)(=O)c2ccc(C(=O)NCCc3cccc(F)c3)cc2)CCN1. The third kappa shape index (κ3) is 4.73. The van der Waals surface area contributed by atoms with Gasteiger partial charge in [0.05, 0.1) is 11.4 Å². The van der Waals surface area contributed by atoms with Gasteiger partial charge in [0.25, 0.3) is 5.91 Å². The van der Waals surface area contributed by atoms with E-state index in [-0.39, 0.29) is 42.2 Å². The highest BCUT2D eigenvalue weighted by atomic mass is 32.2. The van der Waals surface area contributed by atoms with Gasteiger partial charge in [0.2, 0.25) is 15.9 Å². The van der Waals surface area contributed by atoms with E-state index in [1.54, 1.807) is 12.1 Å². The first kappa shape index (κ1) is 20.0. The normalized spacial score (nSPS) is 15.1. The van der Waals surface area contributed by atoms with Crippen LogP contribution in [0.2, 0.25) is 0 Å². The number of carbonyl (C=O) groups excluding carboxylic acids is 2. The van der Waals surface area contributed by atoms with Gasteiger partial charge in [-0.15, -0.1) is 0 Å². The second-order valence-electron chi connectivity index (χ2n) is 6.35. The molecule has 7 nitrogen and oxygen atoms in total. The predicted octanol–water partition coefficient (Wildman–Crippen LogP) is 0.919. The minimum atomic E-state index is -3.79. The maximum absolute atomic E-state index is 13.1. The quantitative estimate of drug-likeness (QED) is 0.747. The van der Waals surface area contributed by atoms with Crippen LogP contribution in [0.1, 0.15) is 15.9 Å². The summed E-state index contributed by atoms with van der Waals surface area (Å²) in [5.74, 6) is -1.02. The Labute approximate surface area is 162 Å². The van der Waals surface area contributed by atoms with Crippen LogP contribution in [0.25, 0.3) is 0 Å². The van der Waals surface area contributed by atoms with Crippen LogP contribution in [-0.4, -0.2) is 50.7 Å². The molecule has 28 heavy (non-hydrogen) atoms. The number of amides is 2. The lowest BCUT2D eigenvalue weighted by molar-refractivity contribution is -0.122. The van der Waals surface area contributed by atoms with Gasteiger partial charge in [0, 0.05) is 25.2 Å². The van der Waals surface area contributed by atoms with Gasteiger partial charge in [-0.2, -0.15) is 4.31 Å². The highest BCUT2D eigenvalue weighted by Crippen LogP contribution is 2.17. The number of nitrogens with one attached hydrogen (secondary N) is 2. The Morgan fingerprint density at radius 3 is 2.61 bits per heavy atom. The summed E-state index contributed by atoms with van der Waals surface area (Å²) in [7, 11) is -3.79. The summed E-state index contributed by atoms with van der Waals surface area (Å²) >= 11 is 0. The van der Waals surface area contributed by atoms with Crippen LogP contribution < -0.4 is 10.6 Å². The number of hydrogen-bond acceptors (Lipinski definition) is 4. The van der Waals surface area contributed by atoms with E-state index in [1.807, 2.05) is 0 Å². The van der Waals surface area contributed by atoms with Gasteiger partial charge < -0.3 is 10.6 Å². The molecule has 2 aromatic rings. The molecule has 0 aliphatic carbocycles. The molecule has 0 bridgehead atoms. The Kier molecular flexibility index (Phi) is 6.05. The zero-order valence-corrected chi connectivity index (χ0v) is 15.8. The minimum absolute atomic E-state index is 0.0264. The lowest BCUT2D eigenvalue weighted by Crippen LogP contribution is -2.49. The Hall–Kier alpha value is -2.78. The van der Waals surface area contributed by atoms with Crippen LogP contribution in [0.4, 0.5) is 4.39 Å². The first-order valence-corrected chi connectivity index (χ1v) is 10.2. The number of halogens is 1. The molecule has 1 heterocycles. The Morgan fingerprint density at radius 2 is 1.93 bits per heavy atom. The fourth-order valence-electron chi connectivity index (χ4n) is 2.86. The number of benzene rings is 2. The van der Waals surface area contributed by atoms with Crippen molar-refractivity contribution < 1.29 is 22.4 Å². The predicted molar refractivity (Wildman–Crippen MR) is 101 cm³/mol. The fraction of sp³-hybridized carbons (Fsp3) is 0.263. The molecular formula is C19H20FN3O4S. The lowest BCUT2D eigenvalue weighted by Gasteiger charge is -2.25. The van der Waals surface area contributed by atoms with Crippen LogP contribution in [0.3, 0.4) is 0 Å². The molecule has 0 unspecified atom stereocenters. The molecule has 0 aromatic heterocycles. The van der Waals surface area contributed by atoms with Crippen molar-refractivity contribution in [3.8, 4) is 0 Å². The molecule has 2 aromatic carbocycles. The molecule has 1 aliphatic heterocycles. The van der Waals surface area contributed by atoms with Crippen molar-refractivity contribution >= 4 is 21.8 Å². The summed E-state index contributed by atoms with van der Waals surface area (Å²) in [4.78, 5) is 23.7. The smallest absolute Gasteiger partial charge is 0.251 e. The van der Waals surface area contributed by atoms with Crippen molar-refractivity contribution in [2.45, 2.75) is 11.3 Å². The number of hydrogen-bond donors (Lipinski definition) is 2. The molecule has 148 valence electrons. The largest absolute Gasteiger partial charge is 0.354 e. The van der Waals surface area contributed by atoms with E-state index in [0.29, 0.717) is 18.5 Å². The molecule has 1 fully saturated rings. The van der Waals surface area contributed by atoms with Crippen molar-refractivity contribution in [2.75, 3.05) is 26.2 Å². The Bertz CT molecular complexity index is 977. The van der Waals surface area contributed by atoms with E-state index in [9.17, 15) is 22.4 Å². The molecular weight excluding hydrogens is 385 g/mol. The van der Waals surface area contributed by atoms with Gasteiger partial charge >= 0.3 is 0 Å². The van der Waals surface area contributed by atoms with Gasteiger partial charge in [-0.1, -0.05) is 12.1 Å². The van der Waals surface area contributed by atoms with Crippen molar-refractivity contribution in [1.82, 2.24) is 14.9 Å². The van der Waals surface area contributed by atoms with E-state index in [1.165, 1.54) is 36.4 Å². The van der Waals surface area contributed by atoms with Crippen molar-refractivity contribution in [3.63, 3.8) is 0 Å². The molecule has 3 rings (SSSR count). The van der Waals surface area contributed by atoms with Crippen LogP contribution >= 0.6 is 0 Å². The van der Waals surface area contributed by atoms with Crippen LogP contribution in [0.5, 0.6) is 0 Å². The van der Waals surface area contributed by atoms with Crippen LogP contribution in [-0.2, 0) is 21.2 Å². The van der Waals surface area contributed by atoms with Gasteiger partial charge in [-0.05, 0) is 48.4 Å². The van der Waals surface area contributed by atoms with Crippen molar-refractivity contribution in [3.05, 3.63) is 65.5 Å². The summed E-state index contributed by atoms with van der Waals surface area (Å²) in [5, 5.41) is 5.30. The zero-order chi connectivity index (χ0) is 20.1. The summed E-state index contributed by atoms with van der Waals surface area (Å²) < 4.78 is 39.4. The second-order valence-corrected chi connectivity index (χ2v) is 8.29. The van der Waals surface area contributed by atoms with E-state index >= 15 is 0 Å². The third-order valence-corrected chi connectivity index (χ3v) is 6.21. The van der Waals surface area contributed by atoms with Gasteiger partial charge in [-0.3, -0.25) is 9.59 Å². The van der Waals surface area contributed by atoms with Crippen molar-refractivity contribution in [1.29, 1.82) is 0 Å². The molecule has 1 aliphatic rings. The summed E-state index contributed by atoms with van der Waals surface area (Å²) in [5.41, 5.74) is 1.09. The molecule has 2 amide bonds. The molecule has 0 atom stereocenters. The monoisotopic (exact) mass is 405 g/mol. The molecule has 1 saturated heterocycles. The van der Waals surface area contributed by atoms with Gasteiger partial charge in [0.15, 0.2) is 0 Å². The number of nitrogens with zero attached hydrogens (tertiary/aromatic N) is 1. The maximum atomic E-state index is 13.1. The number of carbonyl (C=O) groups is 2. The van der Waals surface area contributed by atoms with Crippen LogP contribution in [0.15, 0.2) is 53.4 Å². The molecule has 9 heteroatoms. The molecule has 0 spiro atoms. The van der Waals surface area contributed by atoms with Crippen LogP contribution in [0, 0.1) is 5.82 Å². The number of rotatable bonds is 6. The fourth-order valence-corrected chi connectivity index (χ4v) is 4.26. The van der Waals surface area contributed by atoms with E-state index in [0.717, 1.165) is 9.87 Å². The summed E-state index contributed by atoms with van der Waals surface area (Å²) in [6.45, 7) is 0.579. The highest BCUT2D eigenvalue weighted by Gasteiger charge is 2.29. The van der Waals surface area contributed by atoms with E-state index in [2.05, 4.69) is 10.6 Å². The number of piperazine rings is 1. The molecule has 2 N–H and O–H groups in total. The van der Waals surface area contributed by atoms with Crippen molar-refractivity contribution in [2.24, 2.45) is 0 Å². The molecule has 0 saturated carbocycles. The standard InChI is InChI=1S/C19H20FN3O4S/c20-16-3-1-2-14(12-16)8-9-22-19(25)15-4-6-17(7-5-15)28(26,27)23-11-10-21-18(24)13-23/h1-7,12H,8-11,13H2,(H,21,24)(H,22,25). The average molecular weight is 405 g/mol. The summed E-state index contributed by atoms with van der Waals surface area (Å²) in [6.07, 6.45) is 0.479. The topological polar surface area (TPSA) is 95.6 Å².